The molecule has 0 aromatic rings. The van der Waals surface area contributed by atoms with E-state index in [9.17, 15) is 0 Å². The molecular weight excluding hydrogens is 92.1 g/mol. The van der Waals surface area contributed by atoms with Crippen molar-refractivity contribution >= 4 is 12.8 Å². The van der Waals surface area contributed by atoms with Gasteiger partial charge in [-0.1, -0.05) is 0 Å². The zero-order chi connectivity index (χ0) is 4.95. The molecule has 1 aliphatic heterocycles. The van der Waals surface area contributed by atoms with E-state index in [1.807, 2.05) is 0 Å². The van der Waals surface area contributed by atoms with E-state index in [0.717, 1.165) is 0 Å². The van der Waals surface area contributed by atoms with E-state index in [-0.39, 0.29) is 0 Å². The first kappa shape index (κ1) is 4.05. The molecular formula is C4H4N2O. The van der Waals surface area contributed by atoms with Crippen LogP contribution in [0, 0.1) is 0 Å². The summed E-state index contributed by atoms with van der Waals surface area (Å²) >= 11 is 0. The molecule has 7 heavy (non-hydrogen) atoms. The highest BCUT2D eigenvalue weighted by molar-refractivity contribution is 5.65. The lowest BCUT2D eigenvalue weighted by molar-refractivity contribution is 0.596. The van der Waals surface area contributed by atoms with Crippen LogP contribution in [0.4, 0.5) is 0 Å². The van der Waals surface area contributed by atoms with Crippen LogP contribution in [0.3, 0.4) is 0 Å². The molecule has 0 radical (unpaired) electrons. The Hall–Kier alpha value is -1.12. The molecule has 0 saturated heterocycles. The lowest BCUT2D eigenvalue weighted by Gasteiger charge is -1.76. The highest BCUT2D eigenvalue weighted by Gasteiger charge is 1.70. The first-order valence-corrected chi connectivity index (χ1v) is 1.84. The predicted octanol–water partition coefficient (Wildman–Crippen LogP) is 0.544. The second-order valence-electron chi connectivity index (χ2n) is 0.943. The summed E-state index contributed by atoms with van der Waals surface area (Å²) in [4.78, 5) is 7.24. The fourth-order valence-electron chi connectivity index (χ4n) is 0.245. The molecule has 0 aliphatic carbocycles. The van der Waals surface area contributed by atoms with E-state index in [1.54, 1.807) is 12.4 Å². The van der Waals surface area contributed by atoms with Gasteiger partial charge in [-0.05, 0) is 0 Å². The van der Waals surface area contributed by atoms with Gasteiger partial charge in [-0.25, -0.2) is 9.98 Å². The fraction of sp³-hybridized carbons (Fsp3) is 0. The van der Waals surface area contributed by atoms with E-state index < -0.39 is 0 Å². The minimum atomic E-state index is 1.31. The van der Waals surface area contributed by atoms with Crippen molar-refractivity contribution in [2.45, 2.75) is 0 Å². The van der Waals surface area contributed by atoms with Gasteiger partial charge in [0.1, 0.15) is 0 Å². The number of hydrogen-bond acceptors (Lipinski definition) is 3. The Morgan fingerprint density at radius 2 is 1.57 bits per heavy atom. The summed E-state index contributed by atoms with van der Waals surface area (Å²) in [6, 6.07) is 0. The zero-order valence-corrected chi connectivity index (χ0v) is 3.61. The van der Waals surface area contributed by atoms with Crippen LogP contribution in [-0.4, -0.2) is 12.8 Å². The van der Waals surface area contributed by atoms with Gasteiger partial charge in [-0.2, -0.15) is 0 Å². The third-order valence-corrected chi connectivity index (χ3v) is 0.482. The van der Waals surface area contributed by atoms with E-state index in [2.05, 4.69) is 14.7 Å². The minimum absolute atomic E-state index is 1.31. The van der Waals surface area contributed by atoms with Crippen LogP contribution in [0.1, 0.15) is 0 Å². The smallest absolute Gasteiger partial charge is 0.182 e. The molecule has 0 fully saturated rings. The predicted molar refractivity (Wildman–Crippen MR) is 27.2 cm³/mol. The molecule has 0 aromatic carbocycles. The van der Waals surface area contributed by atoms with Crippen molar-refractivity contribution in [3.05, 3.63) is 12.4 Å². The number of aliphatic imine (C=N–C) groups is 2. The monoisotopic (exact) mass is 96.0 g/mol. The van der Waals surface area contributed by atoms with Gasteiger partial charge in [0.2, 0.25) is 0 Å². The first-order valence-electron chi connectivity index (χ1n) is 1.84. The van der Waals surface area contributed by atoms with Gasteiger partial charge in [0, 0.05) is 12.4 Å². The standard InChI is InChI=1S/C4H4N2O/c1-2-6-4-7-3-5-1/h1-4H. The molecule has 0 amide bonds. The van der Waals surface area contributed by atoms with Crippen molar-refractivity contribution in [2.75, 3.05) is 0 Å². The largest absolute Gasteiger partial charge is 0.434 e. The zero-order valence-electron chi connectivity index (χ0n) is 3.61. The molecule has 3 heteroatoms. The van der Waals surface area contributed by atoms with Gasteiger partial charge < -0.3 is 4.74 Å². The van der Waals surface area contributed by atoms with Gasteiger partial charge in [0.25, 0.3) is 0 Å². The molecule has 1 aliphatic rings. The molecule has 0 bridgehead atoms. The Morgan fingerprint density at radius 1 is 1.00 bits per heavy atom. The maximum atomic E-state index is 4.55. The summed E-state index contributed by atoms with van der Waals surface area (Å²) in [6.07, 6.45) is 5.72. The number of hydrogen-bond donors (Lipinski definition) is 0. The number of nitrogens with zero attached hydrogens (tertiary/aromatic N) is 2. The van der Waals surface area contributed by atoms with Crippen molar-refractivity contribution in [1.29, 1.82) is 0 Å². The minimum Gasteiger partial charge on any atom is -0.434 e. The van der Waals surface area contributed by atoms with Gasteiger partial charge in [0.05, 0.1) is 0 Å². The van der Waals surface area contributed by atoms with E-state index in [1.165, 1.54) is 12.8 Å². The Kier molecular flexibility index (Phi) is 1.23. The summed E-state index contributed by atoms with van der Waals surface area (Å²) in [7, 11) is 0. The molecule has 36 valence electrons. The normalized spacial score (nSPS) is 16.0. The van der Waals surface area contributed by atoms with Crippen LogP contribution in [-0.2, 0) is 4.74 Å². The molecule has 0 aromatic heterocycles. The molecule has 1 heterocycles. The Morgan fingerprint density at radius 3 is 2.14 bits per heavy atom. The van der Waals surface area contributed by atoms with E-state index >= 15 is 0 Å². The summed E-state index contributed by atoms with van der Waals surface area (Å²) in [6.45, 7) is 0. The molecule has 0 N–H and O–H groups in total. The SMILES string of the molecule is C1=CN=COC=N1. The Balaban J connectivity index is 2.60. The highest BCUT2D eigenvalue weighted by Crippen LogP contribution is 1.79. The fourth-order valence-corrected chi connectivity index (χ4v) is 0.245. The molecule has 0 atom stereocenters. The summed E-state index contributed by atoms with van der Waals surface area (Å²) < 4.78 is 4.55. The van der Waals surface area contributed by atoms with Crippen molar-refractivity contribution in [2.24, 2.45) is 9.98 Å². The maximum absolute atomic E-state index is 4.55. The quantitative estimate of drug-likeness (QED) is 0.433. The van der Waals surface area contributed by atoms with Crippen LogP contribution in [0.25, 0.3) is 0 Å². The molecule has 0 spiro atoms. The van der Waals surface area contributed by atoms with Gasteiger partial charge in [0.15, 0.2) is 12.8 Å². The van der Waals surface area contributed by atoms with Crippen LogP contribution in [0.2, 0.25) is 0 Å². The van der Waals surface area contributed by atoms with Crippen LogP contribution in [0.5, 0.6) is 0 Å². The van der Waals surface area contributed by atoms with Crippen molar-refractivity contribution < 1.29 is 4.74 Å². The van der Waals surface area contributed by atoms with Crippen molar-refractivity contribution in [1.82, 2.24) is 0 Å². The summed E-state index contributed by atoms with van der Waals surface area (Å²) in [5.74, 6) is 0. The second kappa shape index (κ2) is 2.12. The third kappa shape index (κ3) is 1.17. The lowest BCUT2D eigenvalue weighted by Crippen LogP contribution is -1.77. The highest BCUT2D eigenvalue weighted by atomic mass is 16.5. The lowest BCUT2D eigenvalue weighted by atomic mass is 10.9. The van der Waals surface area contributed by atoms with Gasteiger partial charge in [-0.3, -0.25) is 0 Å². The average Bonchev–Trinajstić information content (AvgIpc) is 1.90. The Bertz CT molecular complexity index is 112. The second-order valence-corrected chi connectivity index (χ2v) is 0.943. The third-order valence-electron chi connectivity index (χ3n) is 0.482. The molecule has 0 saturated carbocycles. The van der Waals surface area contributed by atoms with Crippen LogP contribution < -0.4 is 0 Å². The van der Waals surface area contributed by atoms with Gasteiger partial charge in [-0.15, -0.1) is 0 Å². The maximum Gasteiger partial charge on any atom is 0.182 e. The van der Waals surface area contributed by atoms with E-state index in [0.29, 0.717) is 0 Å². The summed E-state index contributed by atoms with van der Waals surface area (Å²) in [5.41, 5.74) is 0. The van der Waals surface area contributed by atoms with Gasteiger partial charge >= 0.3 is 0 Å². The number of ether oxygens (including phenoxy) is 1. The first-order chi connectivity index (χ1) is 3.50. The molecule has 0 unspecified atom stereocenters. The molecule has 3 nitrogen and oxygen atoms in total. The topological polar surface area (TPSA) is 34.0 Å². The van der Waals surface area contributed by atoms with Crippen molar-refractivity contribution in [3.63, 3.8) is 0 Å². The van der Waals surface area contributed by atoms with Crippen molar-refractivity contribution in [3.8, 4) is 0 Å². The van der Waals surface area contributed by atoms with Crippen LogP contribution >= 0.6 is 0 Å². The number of rotatable bonds is 0. The summed E-state index contributed by atoms with van der Waals surface area (Å²) in [5, 5.41) is 0. The molecule has 1 rings (SSSR count). The van der Waals surface area contributed by atoms with E-state index in [4.69, 9.17) is 0 Å². The van der Waals surface area contributed by atoms with Crippen LogP contribution in [0.15, 0.2) is 22.4 Å². The Labute approximate surface area is 41.0 Å². The average molecular weight is 96.1 g/mol.